The highest BCUT2D eigenvalue weighted by Gasteiger charge is 2.12. The van der Waals surface area contributed by atoms with E-state index in [0.717, 1.165) is 12.0 Å². The molecule has 1 heterocycles. The molecule has 0 saturated heterocycles. The van der Waals surface area contributed by atoms with E-state index in [2.05, 4.69) is 22.7 Å². The number of carbonyl (C=O) groups excluding carboxylic acids is 2. The Morgan fingerprint density at radius 1 is 1.31 bits per heavy atom. The van der Waals surface area contributed by atoms with Crippen LogP contribution in [-0.2, 0) is 17.9 Å². The second kappa shape index (κ2) is 9.72. The van der Waals surface area contributed by atoms with Crippen LogP contribution in [0.15, 0.2) is 36.7 Å². The number of hydrogen-bond donors (Lipinski definition) is 3. The number of carbonyl (C=O) groups is 2. The van der Waals surface area contributed by atoms with Crippen molar-refractivity contribution in [3.05, 3.63) is 47.8 Å². The first-order valence-corrected chi connectivity index (χ1v) is 8.82. The van der Waals surface area contributed by atoms with Gasteiger partial charge in [0.1, 0.15) is 0 Å². The lowest BCUT2D eigenvalue weighted by molar-refractivity contribution is -0.117. The van der Waals surface area contributed by atoms with Crippen LogP contribution in [0.2, 0.25) is 0 Å². The SMILES string of the molecule is CCC(C)CC(=O)Nc1ccccc1CNC(=O)c1cnn(CCO)c1. The summed E-state index contributed by atoms with van der Waals surface area (Å²) in [4.78, 5) is 24.4. The number of nitrogens with zero attached hydrogens (tertiary/aromatic N) is 2. The van der Waals surface area contributed by atoms with E-state index in [1.54, 1.807) is 6.20 Å². The van der Waals surface area contributed by atoms with Crippen molar-refractivity contribution in [2.45, 2.75) is 39.8 Å². The van der Waals surface area contributed by atoms with Crippen LogP contribution in [0.1, 0.15) is 42.6 Å². The molecule has 0 fully saturated rings. The van der Waals surface area contributed by atoms with Gasteiger partial charge in [0.25, 0.3) is 5.91 Å². The molecule has 7 nitrogen and oxygen atoms in total. The Bertz CT molecular complexity index is 742. The summed E-state index contributed by atoms with van der Waals surface area (Å²) in [6.07, 6.45) is 4.48. The molecule has 2 rings (SSSR count). The standard InChI is InChI=1S/C19H26N4O3/c1-3-14(2)10-18(25)22-17-7-5-4-6-15(17)11-20-19(26)16-12-21-23(13-16)8-9-24/h4-7,12-14,24H,3,8-11H2,1-2H3,(H,20,26)(H,22,25). The smallest absolute Gasteiger partial charge is 0.254 e. The van der Waals surface area contributed by atoms with E-state index in [1.807, 2.05) is 31.2 Å². The Labute approximate surface area is 153 Å². The molecule has 7 heteroatoms. The number of aliphatic hydroxyl groups excluding tert-OH is 1. The third kappa shape index (κ3) is 5.70. The van der Waals surface area contributed by atoms with Crippen LogP contribution in [0.25, 0.3) is 0 Å². The third-order valence-corrected chi connectivity index (χ3v) is 4.19. The molecule has 0 aliphatic rings. The fourth-order valence-electron chi connectivity index (χ4n) is 2.44. The van der Waals surface area contributed by atoms with Crippen LogP contribution < -0.4 is 10.6 Å². The summed E-state index contributed by atoms with van der Waals surface area (Å²) in [7, 11) is 0. The fraction of sp³-hybridized carbons (Fsp3) is 0.421. The average molecular weight is 358 g/mol. The molecule has 0 radical (unpaired) electrons. The number of amides is 2. The number of anilines is 1. The Hall–Kier alpha value is -2.67. The van der Waals surface area contributed by atoms with Crippen LogP contribution in [0.3, 0.4) is 0 Å². The predicted molar refractivity (Wildman–Crippen MR) is 99.6 cm³/mol. The van der Waals surface area contributed by atoms with Crippen molar-refractivity contribution < 1.29 is 14.7 Å². The lowest BCUT2D eigenvalue weighted by Crippen LogP contribution is -2.24. The van der Waals surface area contributed by atoms with Gasteiger partial charge in [-0.1, -0.05) is 38.5 Å². The van der Waals surface area contributed by atoms with Crippen molar-refractivity contribution in [3.8, 4) is 0 Å². The van der Waals surface area contributed by atoms with Gasteiger partial charge in [0, 0.05) is 24.8 Å². The van der Waals surface area contributed by atoms with Gasteiger partial charge in [0.15, 0.2) is 0 Å². The van der Waals surface area contributed by atoms with Crippen LogP contribution in [0.5, 0.6) is 0 Å². The molecule has 0 bridgehead atoms. The number of benzene rings is 1. The van der Waals surface area contributed by atoms with E-state index in [0.29, 0.717) is 36.7 Å². The van der Waals surface area contributed by atoms with Gasteiger partial charge in [-0.15, -0.1) is 0 Å². The van der Waals surface area contributed by atoms with Gasteiger partial charge < -0.3 is 15.7 Å². The molecule has 26 heavy (non-hydrogen) atoms. The van der Waals surface area contributed by atoms with Crippen LogP contribution in [0.4, 0.5) is 5.69 Å². The molecular weight excluding hydrogens is 332 g/mol. The zero-order valence-corrected chi connectivity index (χ0v) is 15.2. The van der Waals surface area contributed by atoms with Gasteiger partial charge in [-0.2, -0.15) is 5.10 Å². The van der Waals surface area contributed by atoms with Gasteiger partial charge in [-0.05, 0) is 17.5 Å². The van der Waals surface area contributed by atoms with E-state index in [-0.39, 0.29) is 18.4 Å². The van der Waals surface area contributed by atoms with E-state index in [9.17, 15) is 9.59 Å². The Morgan fingerprint density at radius 3 is 2.81 bits per heavy atom. The summed E-state index contributed by atoms with van der Waals surface area (Å²) in [5.74, 6) is 0.0515. The molecular formula is C19H26N4O3. The van der Waals surface area contributed by atoms with Crippen molar-refractivity contribution in [1.29, 1.82) is 0 Å². The second-order valence-corrected chi connectivity index (χ2v) is 6.32. The van der Waals surface area contributed by atoms with Crippen LogP contribution in [-0.4, -0.2) is 33.3 Å². The molecule has 1 aromatic carbocycles. The van der Waals surface area contributed by atoms with Crippen molar-refractivity contribution in [1.82, 2.24) is 15.1 Å². The van der Waals surface area contributed by atoms with E-state index >= 15 is 0 Å². The summed E-state index contributed by atoms with van der Waals surface area (Å²) in [6, 6.07) is 7.41. The lowest BCUT2D eigenvalue weighted by Gasteiger charge is -2.13. The third-order valence-electron chi connectivity index (χ3n) is 4.19. The van der Waals surface area contributed by atoms with Gasteiger partial charge >= 0.3 is 0 Å². The second-order valence-electron chi connectivity index (χ2n) is 6.32. The van der Waals surface area contributed by atoms with Crippen molar-refractivity contribution in [2.24, 2.45) is 5.92 Å². The summed E-state index contributed by atoms with van der Waals surface area (Å²) in [5, 5.41) is 18.7. The van der Waals surface area contributed by atoms with Crippen molar-refractivity contribution in [3.63, 3.8) is 0 Å². The number of rotatable bonds is 9. The molecule has 0 spiro atoms. The van der Waals surface area contributed by atoms with Gasteiger partial charge in [-0.25, -0.2) is 0 Å². The maximum atomic E-state index is 12.2. The Kier molecular flexibility index (Phi) is 7.35. The first kappa shape index (κ1) is 19.7. The molecule has 1 aromatic heterocycles. The lowest BCUT2D eigenvalue weighted by atomic mass is 10.0. The molecule has 1 unspecified atom stereocenters. The number of hydrogen-bond acceptors (Lipinski definition) is 4. The zero-order chi connectivity index (χ0) is 18.9. The highest BCUT2D eigenvalue weighted by molar-refractivity contribution is 5.94. The molecule has 3 N–H and O–H groups in total. The maximum Gasteiger partial charge on any atom is 0.254 e. The summed E-state index contributed by atoms with van der Waals surface area (Å²) >= 11 is 0. The monoisotopic (exact) mass is 358 g/mol. The predicted octanol–water partition coefficient (Wildman–Crippen LogP) is 2.18. The Balaban J connectivity index is 1.96. The first-order chi connectivity index (χ1) is 12.5. The largest absolute Gasteiger partial charge is 0.394 e. The number of aliphatic hydroxyl groups is 1. The molecule has 0 aliphatic heterocycles. The van der Waals surface area contributed by atoms with Gasteiger partial charge in [0.05, 0.1) is 24.9 Å². The zero-order valence-electron chi connectivity index (χ0n) is 15.2. The normalized spacial score (nSPS) is 11.8. The quantitative estimate of drug-likeness (QED) is 0.640. The van der Waals surface area contributed by atoms with E-state index in [4.69, 9.17) is 5.11 Å². The van der Waals surface area contributed by atoms with E-state index in [1.165, 1.54) is 10.9 Å². The van der Waals surface area contributed by atoms with Crippen LogP contribution >= 0.6 is 0 Å². The minimum atomic E-state index is -0.255. The summed E-state index contributed by atoms with van der Waals surface area (Å²) in [6.45, 7) is 4.71. The number of nitrogens with one attached hydrogen (secondary N) is 2. The number of aromatic nitrogens is 2. The van der Waals surface area contributed by atoms with Crippen molar-refractivity contribution in [2.75, 3.05) is 11.9 Å². The minimum absolute atomic E-state index is 0.0246. The van der Waals surface area contributed by atoms with Crippen LogP contribution in [0, 0.1) is 5.92 Å². The maximum absolute atomic E-state index is 12.2. The molecule has 2 amide bonds. The molecule has 2 aromatic rings. The van der Waals surface area contributed by atoms with Gasteiger partial charge in [0.2, 0.25) is 5.91 Å². The average Bonchev–Trinajstić information content (AvgIpc) is 3.09. The highest BCUT2D eigenvalue weighted by Crippen LogP contribution is 2.17. The van der Waals surface area contributed by atoms with Crippen molar-refractivity contribution >= 4 is 17.5 Å². The fourth-order valence-corrected chi connectivity index (χ4v) is 2.44. The summed E-state index contributed by atoms with van der Waals surface area (Å²) in [5.41, 5.74) is 1.97. The topological polar surface area (TPSA) is 96.3 Å². The number of para-hydroxylation sites is 1. The van der Waals surface area contributed by atoms with E-state index < -0.39 is 0 Å². The minimum Gasteiger partial charge on any atom is -0.394 e. The van der Waals surface area contributed by atoms with Gasteiger partial charge in [-0.3, -0.25) is 14.3 Å². The Morgan fingerprint density at radius 2 is 2.08 bits per heavy atom. The molecule has 0 saturated carbocycles. The molecule has 140 valence electrons. The molecule has 0 aliphatic carbocycles. The first-order valence-electron chi connectivity index (χ1n) is 8.82. The highest BCUT2D eigenvalue weighted by atomic mass is 16.3. The summed E-state index contributed by atoms with van der Waals surface area (Å²) < 4.78 is 1.51. The molecule has 1 atom stereocenters.